The van der Waals surface area contributed by atoms with Gasteiger partial charge in [0.25, 0.3) is 5.91 Å². The van der Waals surface area contributed by atoms with Gasteiger partial charge in [-0.3, -0.25) is 9.80 Å². The van der Waals surface area contributed by atoms with Gasteiger partial charge in [0, 0.05) is 19.5 Å². The van der Waals surface area contributed by atoms with Crippen LogP contribution in [0.1, 0.15) is 30.9 Å². The summed E-state index contributed by atoms with van der Waals surface area (Å²) in [5, 5.41) is 16.3. The number of anilines is 1. The highest BCUT2D eigenvalue weighted by Gasteiger charge is 2.35. The van der Waals surface area contributed by atoms with Gasteiger partial charge in [-0.2, -0.15) is 5.10 Å². The highest BCUT2D eigenvalue weighted by Crippen LogP contribution is 2.35. The molecule has 0 radical (unpaired) electrons. The predicted molar refractivity (Wildman–Crippen MR) is 102 cm³/mol. The standard InChI is InChI=1S/C21H23N3O2/c25-18-11-13-23(14-12-18)21(26)19-15-20(16-7-3-1-4-8-16)24(22-19)17-9-5-2-6-10-17/h1-10,18,20,25H,11-15H2. The largest absolute Gasteiger partial charge is 0.393 e. The molecule has 0 saturated carbocycles. The average Bonchev–Trinajstić information content (AvgIpc) is 3.15. The van der Waals surface area contributed by atoms with Gasteiger partial charge in [0.15, 0.2) is 0 Å². The first kappa shape index (κ1) is 16.8. The third-order valence-corrected chi connectivity index (χ3v) is 5.11. The number of piperidine rings is 1. The molecule has 0 aromatic heterocycles. The maximum absolute atomic E-state index is 12.9. The molecule has 1 N–H and O–H groups in total. The molecule has 0 aliphatic carbocycles. The first-order valence-electron chi connectivity index (χ1n) is 9.16. The van der Waals surface area contributed by atoms with Gasteiger partial charge in [-0.05, 0) is 30.5 Å². The minimum absolute atomic E-state index is 0.00346. The van der Waals surface area contributed by atoms with E-state index in [-0.39, 0.29) is 18.1 Å². The van der Waals surface area contributed by atoms with Crippen LogP contribution in [0.5, 0.6) is 0 Å². The van der Waals surface area contributed by atoms with Gasteiger partial charge in [-0.1, -0.05) is 48.5 Å². The molecule has 0 bridgehead atoms. The van der Waals surface area contributed by atoms with Crippen molar-refractivity contribution in [1.29, 1.82) is 0 Å². The first-order chi connectivity index (χ1) is 12.7. The van der Waals surface area contributed by atoms with E-state index in [4.69, 9.17) is 5.10 Å². The Bertz CT molecular complexity index is 783. The van der Waals surface area contributed by atoms with Crippen molar-refractivity contribution in [2.24, 2.45) is 5.10 Å². The molecular weight excluding hydrogens is 326 g/mol. The lowest BCUT2D eigenvalue weighted by Gasteiger charge is -2.29. The Balaban J connectivity index is 1.61. The molecule has 1 atom stereocenters. The van der Waals surface area contributed by atoms with E-state index in [0.717, 1.165) is 11.3 Å². The van der Waals surface area contributed by atoms with E-state index in [1.807, 2.05) is 58.4 Å². The van der Waals surface area contributed by atoms with Crippen molar-refractivity contribution in [3.63, 3.8) is 0 Å². The Kier molecular flexibility index (Phi) is 4.71. The van der Waals surface area contributed by atoms with Crippen LogP contribution < -0.4 is 5.01 Å². The maximum atomic E-state index is 12.9. The van der Waals surface area contributed by atoms with Gasteiger partial charge in [-0.25, -0.2) is 0 Å². The third kappa shape index (κ3) is 3.35. The molecule has 0 spiro atoms. The molecule has 2 aromatic carbocycles. The zero-order valence-corrected chi connectivity index (χ0v) is 14.7. The number of carbonyl (C=O) groups is 1. The molecule has 1 amide bonds. The summed E-state index contributed by atoms with van der Waals surface area (Å²) < 4.78 is 0. The minimum Gasteiger partial charge on any atom is -0.393 e. The molecule has 4 rings (SSSR count). The summed E-state index contributed by atoms with van der Waals surface area (Å²) in [6.07, 6.45) is 1.59. The Morgan fingerprint density at radius 3 is 2.23 bits per heavy atom. The molecule has 5 nitrogen and oxygen atoms in total. The van der Waals surface area contributed by atoms with Crippen LogP contribution in [0.25, 0.3) is 0 Å². The van der Waals surface area contributed by atoms with Crippen LogP contribution in [0.2, 0.25) is 0 Å². The number of likely N-dealkylation sites (tertiary alicyclic amines) is 1. The molecule has 1 fully saturated rings. The summed E-state index contributed by atoms with van der Waals surface area (Å²) in [5.74, 6) is -0.00346. The summed E-state index contributed by atoms with van der Waals surface area (Å²) in [4.78, 5) is 14.8. The van der Waals surface area contributed by atoms with Gasteiger partial charge in [-0.15, -0.1) is 0 Å². The third-order valence-electron chi connectivity index (χ3n) is 5.11. The van der Waals surface area contributed by atoms with Crippen molar-refractivity contribution >= 4 is 17.3 Å². The maximum Gasteiger partial charge on any atom is 0.270 e. The number of hydrogen-bond acceptors (Lipinski definition) is 4. The van der Waals surface area contributed by atoms with Gasteiger partial charge in [0.1, 0.15) is 5.71 Å². The van der Waals surface area contributed by atoms with Gasteiger partial charge < -0.3 is 10.0 Å². The second kappa shape index (κ2) is 7.30. The molecule has 26 heavy (non-hydrogen) atoms. The molecule has 2 aromatic rings. The summed E-state index contributed by atoms with van der Waals surface area (Å²) in [6, 6.07) is 20.2. The van der Waals surface area contributed by atoms with E-state index in [2.05, 4.69) is 12.1 Å². The van der Waals surface area contributed by atoms with Crippen molar-refractivity contribution in [2.75, 3.05) is 18.1 Å². The number of aliphatic hydroxyl groups is 1. The van der Waals surface area contributed by atoms with Crippen LogP contribution in [-0.4, -0.2) is 40.8 Å². The van der Waals surface area contributed by atoms with Crippen molar-refractivity contribution in [1.82, 2.24) is 4.90 Å². The summed E-state index contributed by atoms with van der Waals surface area (Å²) in [7, 11) is 0. The predicted octanol–water partition coefficient (Wildman–Crippen LogP) is 2.98. The average molecular weight is 349 g/mol. The Morgan fingerprint density at radius 2 is 1.58 bits per heavy atom. The molecule has 2 aliphatic rings. The number of para-hydroxylation sites is 1. The van der Waals surface area contributed by atoms with E-state index in [0.29, 0.717) is 38.1 Å². The van der Waals surface area contributed by atoms with E-state index in [9.17, 15) is 9.90 Å². The summed E-state index contributed by atoms with van der Waals surface area (Å²) >= 11 is 0. The molecule has 2 heterocycles. The van der Waals surface area contributed by atoms with Crippen molar-refractivity contribution in [2.45, 2.75) is 31.4 Å². The van der Waals surface area contributed by atoms with E-state index >= 15 is 0 Å². The van der Waals surface area contributed by atoms with E-state index in [1.165, 1.54) is 0 Å². The lowest BCUT2D eigenvalue weighted by molar-refractivity contribution is -0.126. The number of benzene rings is 2. The molecular formula is C21H23N3O2. The Labute approximate surface area is 153 Å². The highest BCUT2D eigenvalue weighted by atomic mass is 16.3. The van der Waals surface area contributed by atoms with Crippen molar-refractivity contribution < 1.29 is 9.90 Å². The lowest BCUT2D eigenvalue weighted by Crippen LogP contribution is -2.43. The number of hydrogen-bond donors (Lipinski definition) is 1. The quantitative estimate of drug-likeness (QED) is 0.927. The van der Waals surface area contributed by atoms with Gasteiger partial charge in [0.05, 0.1) is 17.8 Å². The van der Waals surface area contributed by atoms with E-state index < -0.39 is 0 Å². The van der Waals surface area contributed by atoms with Crippen LogP contribution in [0.3, 0.4) is 0 Å². The first-order valence-corrected chi connectivity index (χ1v) is 9.16. The molecule has 5 heteroatoms. The Morgan fingerprint density at radius 1 is 0.962 bits per heavy atom. The van der Waals surface area contributed by atoms with Gasteiger partial charge >= 0.3 is 0 Å². The number of carbonyl (C=O) groups excluding carboxylic acids is 1. The molecule has 2 aliphatic heterocycles. The monoisotopic (exact) mass is 349 g/mol. The SMILES string of the molecule is O=C(C1=NN(c2ccccc2)C(c2ccccc2)C1)N1CCC(O)CC1. The summed E-state index contributed by atoms with van der Waals surface area (Å²) in [6.45, 7) is 1.20. The zero-order valence-electron chi connectivity index (χ0n) is 14.7. The van der Waals surface area contributed by atoms with Crippen LogP contribution in [0.4, 0.5) is 5.69 Å². The van der Waals surface area contributed by atoms with E-state index in [1.54, 1.807) is 0 Å². The van der Waals surface area contributed by atoms with Crippen LogP contribution >= 0.6 is 0 Å². The fraction of sp³-hybridized carbons (Fsp3) is 0.333. The van der Waals surface area contributed by atoms with Crippen molar-refractivity contribution in [3.05, 3.63) is 66.2 Å². The van der Waals surface area contributed by atoms with Crippen LogP contribution in [0, 0.1) is 0 Å². The number of hydrazone groups is 1. The number of amides is 1. The summed E-state index contributed by atoms with van der Waals surface area (Å²) in [5.41, 5.74) is 2.73. The highest BCUT2D eigenvalue weighted by molar-refractivity contribution is 6.39. The van der Waals surface area contributed by atoms with Crippen molar-refractivity contribution in [3.8, 4) is 0 Å². The lowest BCUT2D eigenvalue weighted by atomic mass is 10.00. The van der Waals surface area contributed by atoms with Crippen LogP contribution in [0.15, 0.2) is 65.8 Å². The molecule has 1 unspecified atom stereocenters. The fourth-order valence-corrected chi connectivity index (χ4v) is 3.64. The second-order valence-corrected chi connectivity index (χ2v) is 6.88. The number of aliphatic hydroxyl groups excluding tert-OH is 1. The zero-order chi connectivity index (χ0) is 17.9. The Hall–Kier alpha value is -2.66. The topological polar surface area (TPSA) is 56.1 Å². The molecule has 1 saturated heterocycles. The number of nitrogens with zero attached hydrogens (tertiary/aromatic N) is 3. The number of rotatable bonds is 3. The molecule has 134 valence electrons. The smallest absolute Gasteiger partial charge is 0.270 e. The minimum atomic E-state index is -0.289. The fourth-order valence-electron chi connectivity index (χ4n) is 3.64. The second-order valence-electron chi connectivity index (χ2n) is 6.88. The van der Waals surface area contributed by atoms with Crippen LogP contribution in [-0.2, 0) is 4.79 Å². The van der Waals surface area contributed by atoms with Gasteiger partial charge in [0.2, 0.25) is 0 Å². The normalized spacial score (nSPS) is 21.0.